The fraction of sp³-hybridized carbons (Fsp3) is 0.615. The van der Waals surface area contributed by atoms with E-state index in [-0.39, 0.29) is 0 Å². The zero-order valence-corrected chi connectivity index (χ0v) is 13.6. The molecule has 1 saturated heterocycles. The zero-order chi connectivity index (χ0) is 14.6. The van der Waals surface area contributed by atoms with Gasteiger partial charge in [0.2, 0.25) is 14.4 Å². The van der Waals surface area contributed by atoms with Gasteiger partial charge in [0.15, 0.2) is 0 Å². The first kappa shape index (κ1) is 15.7. The molecule has 2 aliphatic heterocycles. The van der Waals surface area contributed by atoms with Crippen LogP contribution in [0, 0.1) is 0 Å². The highest BCUT2D eigenvalue weighted by molar-refractivity contribution is 6.70. The normalized spacial score (nSPS) is 35.2. The Morgan fingerprint density at radius 1 is 1.42 bits per heavy atom. The van der Waals surface area contributed by atoms with Gasteiger partial charge < -0.3 is 4.74 Å². The molecule has 0 radical (unpaired) electrons. The Bertz CT molecular complexity index is 481. The fourth-order valence-corrected chi connectivity index (χ4v) is 4.10. The molecule has 0 aliphatic carbocycles. The molecular weight excluding hydrogens is 330 g/mol. The number of hydrogen-bond donors (Lipinski definition) is 0. The lowest BCUT2D eigenvalue weighted by molar-refractivity contribution is -0.142. The molecule has 106 valence electrons. The number of Topliss-reactive ketones (excluding diaryl/α,β-unsaturated/α-hetero) is 1. The predicted molar refractivity (Wildman–Crippen MR) is 79.3 cm³/mol. The first-order chi connectivity index (χ1) is 8.55. The van der Waals surface area contributed by atoms with E-state index in [1.807, 2.05) is 13.8 Å². The molecule has 2 rings (SSSR count). The molecular formula is C13H14Cl4O2. The number of rotatable bonds is 3. The summed E-state index contributed by atoms with van der Waals surface area (Å²) in [6, 6.07) is 0. The maximum Gasteiger partial charge on any atom is 0.211 e. The third-order valence-electron chi connectivity index (χ3n) is 3.72. The van der Waals surface area contributed by atoms with Gasteiger partial charge in [0.05, 0.1) is 0 Å². The Morgan fingerprint density at radius 2 is 2.00 bits per heavy atom. The monoisotopic (exact) mass is 342 g/mol. The lowest BCUT2D eigenvalue weighted by atomic mass is 9.83. The number of alkyl halides is 4. The van der Waals surface area contributed by atoms with E-state index >= 15 is 0 Å². The molecule has 2 heterocycles. The van der Waals surface area contributed by atoms with Crippen molar-refractivity contribution in [2.24, 2.45) is 0 Å². The van der Waals surface area contributed by atoms with Gasteiger partial charge in [0.25, 0.3) is 0 Å². The molecule has 2 bridgehead atoms. The van der Waals surface area contributed by atoms with Crippen molar-refractivity contribution in [3.8, 4) is 0 Å². The van der Waals surface area contributed by atoms with Crippen molar-refractivity contribution in [3.63, 3.8) is 0 Å². The van der Waals surface area contributed by atoms with Crippen LogP contribution in [0.3, 0.4) is 0 Å². The van der Waals surface area contributed by atoms with Crippen LogP contribution in [0.15, 0.2) is 23.8 Å². The molecule has 2 aliphatic rings. The average Bonchev–Trinajstić information content (AvgIpc) is 2.62. The van der Waals surface area contributed by atoms with Crippen molar-refractivity contribution in [3.05, 3.63) is 23.8 Å². The molecule has 0 aromatic heterocycles. The second-order valence-corrected chi connectivity index (χ2v) is 7.91. The highest BCUT2D eigenvalue weighted by Crippen LogP contribution is 2.59. The summed E-state index contributed by atoms with van der Waals surface area (Å²) in [4.78, 5) is 12.4. The molecule has 0 saturated carbocycles. The van der Waals surface area contributed by atoms with E-state index < -0.39 is 26.2 Å². The van der Waals surface area contributed by atoms with Gasteiger partial charge in [-0.15, -0.1) is 6.58 Å². The second kappa shape index (κ2) is 4.64. The van der Waals surface area contributed by atoms with E-state index in [0.29, 0.717) is 12.8 Å². The SMILES string of the molecule is C=C(C)CC[C@@]12O[C@@H](C=C1C)C(Cl)(Cl)C(=O)C2(Cl)Cl. The smallest absolute Gasteiger partial charge is 0.211 e. The Labute approximate surface area is 132 Å². The number of hydrogen-bond acceptors (Lipinski definition) is 2. The summed E-state index contributed by atoms with van der Waals surface area (Å²) >= 11 is 24.7. The van der Waals surface area contributed by atoms with Crippen LogP contribution >= 0.6 is 46.4 Å². The van der Waals surface area contributed by atoms with Gasteiger partial charge in [-0.3, -0.25) is 4.79 Å². The Hall–Kier alpha value is 0.270. The van der Waals surface area contributed by atoms with E-state index in [1.54, 1.807) is 6.08 Å². The first-order valence-corrected chi connectivity index (χ1v) is 7.38. The first-order valence-electron chi connectivity index (χ1n) is 5.87. The molecule has 2 nitrogen and oxygen atoms in total. The van der Waals surface area contributed by atoms with Crippen LogP contribution in [-0.4, -0.2) is 26.2 Å². The number of fused-ring (bicyclic) bond motifs is 2. The number of carbonyl (C=O) groups is 1. The van der Waals surface area contributed by atoms with Crippen LogP contribution in [0.25, 0.3) is 0 Å². The largest absolute Gasteiger partial charge is 0.356 e. The van der Waals surface area contributed by atoms with Crippen LogP contribution in [0.1, 0.15) is 26.7 Å². The summed E-state index contributed by atoms with van der Waals surface area (Å²) in [5.74, 6) is -0.627. The van der Waals surface area contributed by atoms with Gasteiger partial charge >= 0.3 is 0 Å². The number of halogens is 4. The van der Waals surface area contributed by atoms with Crippen molar-refractivity contribution in [1.29, 1.82) is 0 Å². The summed E-state index contributed by atoms with van der Waals surface area (Å²) in [6.45, 7) is 7.55. The van der Waals surface area contributed by atoms with E-state index in [2.05, 4.69) is 6.58 Å². The van der Waals surface area contributed by atoms with E-state index in [0.717, 1.165) is 11.1 Å². The number of ether oxygens (including phenoxy) is 1. The fourth-order valence-electron chi connectivity index (χ4n) is 2.53. The molecule has 0 N–H and O–H groups in total. The summed E-state index contributed by atoms with van der Waals surface area (Å²) < 4.78 is 2.30. The number of allylic oxidation sites excluding steroid dienone is 1. The van der Waals surface area contributed by atoms with Gasteiger partial charge in [0.1, 0.15) is 11.7 Å². The van der Waals surface area contributed by atoms with E-state index in [9.17, 15) is 4.79 Å². The van der Waals surface area contributed by atoms with Crippen LogP contribution in [0.4, 0.5) is 0 Å². The molecule has 0 aromatic rings. The van der Waals surface area contributed by atoms with Crippen LogP contribution in [0.5, 0.6) is 0 Å². The topological polar surface area (TPSA) is 26.3 Å². The Morgan fingerprint density at radius 3 is 2.53 bits per heavy atom. The van der Waals surface area contributed by atoms with Crippen molar-refractivity contribution in [2.75, 3.05) is 0 Å². The van der Waals surface area contributed by atoms with Crippen LogP contribution < -0.4 is 0 Å². The van der Waals surface area contributed by atoms with Crippen LogP contribution in [-0.2, 0) is 9.53 Å². The minimum atomic E-state index is -1.81. The minimum Gasteiger partial charge on any atom is -0.356 e. The molecule has 6 heteroatoms. The summed E-state index contributed by atoms with van der Waals surface area (Å²) in [6.07, 6.45) is 2.11. The maximum absolute atomic E-state index is 12.4. The van der Waals surface area contributed by atoms with E-state index in [4.69, 9.17) is 51.1 Å². The number of carbonyl (C=O) groups excluding carboxylic acids is 1. The van der Waals surface area contributed by atoms with Gasteiger partial charge in [-0.2, -0.15) is 0 Å². The van der Waals surface area contributed by atoms with Crippen molar-refractivity contribution < 1.29 is 9.53 Å². The molecule has 2 atom stereocenters. The quantitative estimate of drug-likeness (QED) is 0.562. The minimum absolute atomic E-state index is 0.462. The number of ketones is 1. The highest BCUT2D eigenvalue weighted by Gasteiger charge is 2.70. The van der Waals surface area contributed by atoms with Gasteiger partial charge in [-0.25, -0.2) is 0 Å². The third kappa shape index (κ3) is 2.08. The van der Waals surface area contributed by atoms with Gasteiger partial charge in [-0.1, -0.05) is 58.1 Å². The lowest BCUT2D eigenvalue weighted by Crippen LogP contribution is -2.64. The molecule has 19 heavy (non-hydrogen) atoms. The molecule has 1 fully saturated rings. The highest BCUT2D eigenvalue weighted by atomic mass is 35.5. The molecule has 0 aromatic carbocycles. The van der Waals surface area contributed by atoms with Crippen LogP contribution in [0.2, 0.25) is 0 Å². The third-order valence-corrected chi connectivity index (χ3v) is 5.45. The predicted octanol–water partition coefficient (Wildman–Crippen LogP) is 4.36. The standard InChI is InChI=1S/C13H14Cl4O2/c1-7(2)4-5-11-8(3)6-9(19-11)12(14,15)10(18)13(11,16)17/h6,9H,1,4-5H2,2-3H3/t9-,11+/m0/s1. The lowest BCUT2D eigenvalue weighted by Gasteiger charge is -2.47. The van der Waals surface area contributed by atoms with Crippen molar-refractivity contribution in [1.82, 2.24) is 0 Å². The maximum atomic E-state index is 12.4. The van der Waals surface area contributed by atoms with Gasteiger partial charge in [-0.05, 0) is 32.3 Å². The summed E-state index contributed by atoms with van der Waals surface area (Å²) in [5, 5.41) is 0. The Kier molecular flexibility index (Phi) is 3.82. The molecule has 0 amide bonds. The van der Waals surface area contributed by atoms with Crippen molar-refractivity contribution in [2.45, 2.75) is 47.1 Å². The average molecular weight is 344 g/mol. The zero-order valence-electron chi connectivity index (χ0n) is 10.6. The summed E-state index contributed by atoms with van der Waals surface area (Å²) in [7, 11) is 0. The molecule has 0 unspecified atom stereocenters. The Balaban J connectivity index is 2.47. The van der Waals surface area contributed by atoms with E-state index in [1.165, 1.54) is 0 Å². The molecule has 0 spiro atoms. The second-order valence-electron chi connectivity index (χ2n) is 5.20. The van der Waals surface area contributed by atoms with Gasteiger partial charge in [0, 0.05) is 0 Å². The van der Waals surface area contributed by atoms with Crippen molar-refractivity contribution >= 4 is 52.2 Å². The summed E-state index contributed by atoms with van der Waals surface area (Å²) in [5.41, 5.74) is 0.657.